The molecule has 2 N–H and O–H groups in total. The van der Waals surface area contributed by atoms with Gasteiger partial charge in [-0.2, -0.15) is 0 Å². The average molecular weight is 371 g/mol. The lowest BCUT2D eigenvalue weighted by Crippen LogP contribution is -2.42. The van der Waals surface area contributed by atoms with E-state index in [0.29, 0.717) is 28.3 Å². The van der Waals surface area contributed by atoms with E-state index in [0.717, 1.165) is 30.8 Å². The molecule has 28 heavy (non-hydrogen) atoms. The maximum absolute atomic E-state index is 12.3. The van der Waals surface area contributed by atoms with E-state index in [1.54, 1.807) is 29.2 Å². The summed E-state index contributed by atoms with van der Waals surface area (Å²) in [5, 5.41) is 4.37. The first-order valence-electron chi connectivity index (χ1n) is 9.02. The summed E-state index contributed by atoms with van der Waals surface area (Å²) in [6.07, 6.45) is 7.93. The number of aromatic nitrogens is 5. The second kappa shape index (κ2) is 6.41. The molecule has 0 atom stereocenters. The molecule has 1 aliphatic rings. The smallest absolute Gasteiger partial charge is 0.255 e. The number of pyridine rings is 2. The van der Waals surface area contributed by atoms with Gasteiger partial charge in [0.25, 0.3) is 5.91 Å². The van der Waals surface area contributed by atoms with Crippen molar-refractivity contribution in [1.29, 1.82) is 0 Å². The molecule has 0 spiro atoms. The van der Waals surface area contributed by atoms with Crippen molar-refractivity contribution in [2.75, 3.05) is 18.8 Å². The van der Waals surface area contributed by atoms with Crippen molar-refractivity contribution in [3.8, 4) is 22.5 Å². The van der Waals surface area contributed by atoms with Gasteiger partial charge in [0.15, 0.2) is 11.5 Å². The molecule has 0 bridgehead atoms. The minimum absolute atomic E-state index is 0.0266. The molecule has 8 nitrogen and oxygen atoms in total. The van der Waals surface area contributed by atoms with Crippen LogP contribution in [0, 0.1) is 0 Å². The van der Waals surface area contributed by atoms with Crippen LogP contribution in [0.2, 0.25) is 0 Å². The van der Waals surface area contributed by atoms with Gasteiger partial charge in [0.2, 0.25) is 0 Å². The van der Waals surface area contributed by atoms with Crippen molar-refractivity contribution >= 4 is 17.4 Å². The third-order valence-electron chi connectivity index (χ3n) is 4.87. The van der Waals surface area contributed by atoms with E-state index in [9.17, 15) is 4.79 Å². The summed E-state index contributed by atoms with van der Waals surface area (Å²) in [6.45, 7) is 1.64. The minimum Gasteiger partial charge on any atom is -0.382 e. The molecule has 5 rings (SSSR count). The molecule has 1 saturated heterocycles. The first-order chi connectivity index (χ1) is 13.7. The molecule has 8 heteroatoms. The van der Waals surface area contributed by atoms with Crippen molar-refractivity contribution in [2.24, 2.45) is 0 Å². The largest absolute Gasteiger partial charge is 0.382 e. The molecular weight excluding hydrogens is 354 g/mol. The van der Waals surface area contributed by atoms with Gasteiger partial charge in [0.05, 0.1) is 22.5 Å². The van der Waals surface area contributed by atoms with E-state index in [4.69, 9.17) is 5.73 Å². The Kier molecular flexibility index (Phi) is 3.75. The third kappa shape index (κ3) is 2.66. The molecule has 0 saturated carbocycles. The molecule has 0 aromatic carbocycles. The van der Waals surface area contributed by atoms with Gasteiger partial charge < -0.3 is 10.6 Å². The number of nitrogens with zero attached hydrogens (tertiary/aromatic N) is 6. The second-order valence-electron chi connectivity index (χ2n) is 6.66. The van der Waals surface area contributed by atoms with Gasteiger partial charge in [-0.1, -0.05) is 6.07 Å². The lowest BCUT2D eigenvalue weighted by Gasteiger charge is -2.30. The van der Waals surface area contributed by atoms with Crippen LogP contribution in [-0.2, 0) is 0 Å². The Balaban J connectivity index is 1.49. The Morgan fingerprint density at radius 1 is 1.00 bits per heavy atom. The van der Waals surface area contributed by atoms with Crippen molar-refractivity contribution < 1.29 is 4.79 Å². The molecule has 4 aromatic rings. The number of amides is 1. The molecule has 1 amide bonds. The summed E-state index contributed by atoms with van der Waals surface area (Å²) in [6, 6.07) is 9.23. The highest BCUT2D eigenvalue weighted by molar-refractivity contribution is 5.94. The molecule has 1 aliphatic heterocycles. The van der Waals surface area contributed by atoms with Gasteiger partial charge in [-0.25, -0.2) is 9.50 Å². The fraction of sp³-hybridized carbons (Fsp3) is 0.150. The number of nitrogens with two attached hydrogens (primary N) is 1. The van der Waals surface area contributed by atoms with Gasteiger partial charge >= 0.3 is 0 Å². The van der Waals surface area contributed by atoms with E-state index in [2.05, 4.69) is 20.1 Å². The highest BCUT2D eigenvalue weighted by atomic mass is 16.2. The Morgan fingerprint density at radius 2 is 1.89 bits per heavy atom. The topological polar surface area (TPSA) is 102 Å². The number of hydrogen-bond donors (Lipinski definition) is 1. The normalized spacial score (nSPS) is 13.5. The Labute approximate surface area is 160 Å². The zero-order valence-corrected chi connectivity index (χ0v) is 15.0. The number of carbonyl (C=O) groups is 1. The van der Waals surface area contributed by atoms with Crippen molar-refractivity contribution in [3.05, 3.63) is 60.7 Å². The summed E-state index contributed by atoms with van der Waals surface area (Å²) in [5.74, 6) is 0.394. The summed E-state index contributed by atoms with van der Waals surface area (Å²) in [7, 11) is 0. The molecule has 4 aromatic heterocycles. The van der Waals surface area contributed by atoms with Gasteiger partial charge in [0, 0.05) is 43.4 Å². The number of hydrogen-bond acceptors (Lipinski definition) is 6. The first kappa shape index (κ1) is 16.4. The number of likely N-dealkylation sites (tertiary alicyclic amines) is 1. The van der Waals surface area contributed by atoms with Crippen LogP contribution in [0.25, 0.3) is 28.2 Å². The van der Waals surface area contributed by atoms with Crippen LogP contribution in [0.5, 0.6) is 0 Å². The lowest BCUT2D eigenvalue weighted by molar-refractivity contribution is 0.0651. The van der Waals surface area contributed by atoms with Crippen molar-refractivity contribution in [2.45, 2.75) is 6.42 Å². The molecule has 0 unspecified atom stereocenters. The quantitative estimate of drug-likeness (QED) is 0.593. The standard InChI is InChI=1S/C20H17N7O/c21-18-17(16-4-1-2-7-22-16)19-24-11-14(12-27(19)25-18)15-6-5-13(10-23-15)20(28)26-8-3-9-26/h1-2,4-7,10-12H,3,8-9H2,(H2,21,25). The molecule has 0 aliphatic carbocycles. The van der Waals surface area contributed by atoms with Gasteiger partial charge in [-0.15, -0.1) is 5.10 Å². The van der Waals surface area contributed by atoms with Crippen LogP contribution in [-0.4, -0.2) is 48.5 Å². The third-order valence-corrected chi connectivity index (χ3v) is 4.87. The predicted octanol–water partition coefficient (Wildman–Crippen LogP) is 2.28. The van der Waals surface area contributed by atoms with Crippen LogP contribution in [0.1, 0.15) is 16.8 Å². The van der Waals surface area contributed by atoms with E-state index in [1.807, 2.05) is 35.4 Å². The highest BCUT2D eigenvalue weighted by Crippen LogP contribution is 2.28. The lowest BCUT2D eigenvalue weighted by atomic mass is 10.1. The summed E-state index contributed by atoms with van der Waals surface area (Å²) < 4.78 is 1.63. The number of fused-ring (bicyclic) bond motifs is 1. The Hall–Kier alpha value is -3.81. The van der Waals surface area contributed by atoms with E-state index < -0.39 is 0 Å². The molecule has 1 fully saturated rings. The Bertz CT molecular complexity index is 1160. The number of anilines is 1. The summed E-state index contributed by atoms with van der Waals surface area (Å²) >= 11 is 0. The SMILES string of the molecule is Nc1nn2cc(-c3ccc(C(=O)N4CCC4)cn3)cnc2c1-c1ccccn1. The fourth-order valence-electron chi connectivity index (χ4n) is 3.23. The van der Waals surface area contributed by atoms with E-state index >= 15 is 0 Å². The van der Waals surface area contributed by atoms with Crippen LogP contribution < -0.4 is 5.73 Å². The number of carbonyl (C=O) groups excluding carboxylic acids is 1. The molecular formula is C20H17N7O. The summed E-state index contributed by atoms with van der Waals surface area (Å²) in [5.41, 5.74) is 10.3. The number of nitrogen functional groups attached to an aromatic ring is 1. The van der Waals surface area contributed by atoms with Gasteiger partial charge in [-0.05, 0) is 30.7 Å². The predicted molar refractivity (Wildman–Crippen MR) is 104 cm³/mol. The van der Waals surface area contributed by atoms with Gasteiger partial charge in [-0.3, -0.25) is 14.8 Å². The van der Waals surface area contributed by atoms with Crippen LogP contribution in [0.4, 0.5) is 5.82 Å². The Morgan fingerprint density at radius 3 is 2.57 bits per heavy atom. The van der Waals surface area contributed by atoms with Crippen molar-refractivity contribution in [3.63, 3.8) is 0 Å². The van der Waals surface area contributed by atoms with Crippen molar-refractivity contribution in [1.82, 2.24) is 29.5 Å². The number of rotatable bonds is 3. The van der Waals surface area contributed by atoms with Crippen LogP contribution in [0.15, 0.2) is 55.1 Å². The van der Waals surface area contributed by atoms with E-state index in [-0.39, 0.29) is 5.91 Å². The molecule has 138 valence electrons. The van der Waals surface area contributed by atoms with Crippen LogP contribution >= 0.6 is 0 Å². The average Bonchev–Trinajstić information content (AvgIpc) is 3.02. The van der Waals surface area contributed by atoms with Gasteiger partial charge in [0.1, 0.15) is 0 Å². The first-order valence-corrected chi connectivity index (χ1v) is 9.02. The molecule has 0 radical (unpaired) electrons. The summed E-state index contributed by atoms with van der Waals surface area (Å²) in [4.78, 5) is 27.4. The highest BCUT2D eigenvalue weighted by Gasteiger charge is 2.22. The monoisotopic (exact) mass is 371 g/mol. The van der Waals surface area contributed by atoms with E-state index in [1.165, 1.54) is 0 Å². The minimum atomic E-state index is 0.0266. The van der Waals surface area contributed by atoms with Crippen LogP contribution in [0.3, 0.4) is 0 Å². The second-order valence-corrected chi connectivity index (χ2v) is 6.66. The fourth-order valence-corrected chi connectivity index (χ4v) is 3.23. The zero-order valence-electron chi connectivity index (χ0n) is 15.0. The maximum atomic E-state index is 12.3. The molecule has 5 heterocycles. The zero-order chi connectivity index (χ0) is 19.1. The maximum Gasteiger partial charge on any atom is 0.255 e.